The monoisotopic (exact) mass is 352 g/mol. The molecular weight excluding hydrogens is 336 g/mol. The van der Waals surface area contributed by atoms with Crippen LogP contribution in [0.25, 0.3) is 11.3 Å². The van der Waals surface area contributed by atoms with Crippen molar-refractivity contribution in [2.24, 2.45) is 0 Å². The molecule has 0 atom stereocenters. The average molecular weight is 353 g/mol. The number of aromatic nitrogens is 1. The molecule has 0 aliphatic carbocycles. The van der Waals surface area contributed by atoms with E-state index in [1.165, 1.54) is 0 Å². The summed E-state index contributed by atoms with van der Waals surface area (Å²) >= 11 is 5.94. The molecule has 3 aromatic rings. The van der Waals surface area contributed by atoms with Crippen molar-refractivity contribution in [3.63, 3.8) is 0 Å². The molecule has 4 nitrogen and oxygen atoms in total. The Morgan fingerprint density at radius 1 is 1.12 bits per heavy atom. The molecule has 5 heteroatoms. The number of carbonyl (C=O) groups is 1. The molecule has 1 amide bonds. The van der Waals surface area contributed by atoms with Gasteiger partial charge >= 0.3 is 0 Å². The topological polar surface area (TPSA) is 51.2 Å². The highest BCUT2D eigenvalue weighted by Gasteiger charge is 2.10. The van der Waals surface area contributed by atoms with Gasteiger partial charge in [-0.15, -0.1) is 0 Å². The molecule has 0 saturated heterocycles. The Labute approximate surface area is 151 Å². The van der Waals surface area contributed by atoms with Crippen LogP contribution in [0.15, 0.2) is 66.9 Å². The number of amides is 1. The minimum Gasteiger partial charge on any atom is -0.497 e. The number of methoxy groups -OCH3 is 1. The molecule has 0 spiro atoms. The molecule has 0 saturated carbocycles. The summed E-state index contributed by atoms with van der Waals surface area (Å²) in [6.07, 6.45) is 1.74. The van der Waals surface area contributed by atoms with Crippen molar-refractivity contribution >= 4 is 17.5 Å². The Balaban J connectivity index is 1.78. The van der Waals surface area contributed by atoms with Gasteiger partial charge in [0, 0.05) is 28.9 Å². The zero-order valence-electron chi connectivity index (χ0n) is 13.7. The molecule has 1 aromatic heterocycles. The van der Waals surface area contributed by atoms with Gasteiger partial charge in [-0.25, -0.2) is 0 Å². The van der Waals surface area contributed by atoms with Crippen LogP contribution in [-0.2, 0) is 6.54 Å². The van der Waals surface area contributed by atoms with Crippen LogP contribution < -0.4 is 10.1 Å². The minimum atomic E-state index is -0.174. The third kappa shape index (κ3) is 4.17. The summed E-state index contributed by atoms with van der Waals surface area (Å²) in [7, 11) is 1.63. The molecule has 0 fully saturated rings. The maximum atomic E-state index is 12.3. The summed E-state index contributed by atoms with van der Waals surface area (Å²) in [6, 6.07) is 18.3. The predicted molar refractivity (Wildman–Crippen MR) is 98.8 cm³/mol. The van der Waals surface area contributed by atoms with E-state index in [9.17, 15) is 4.79 Å². The van der Waals surface area contributed by atoms with Crippen LogP contribution in [0.3, 0.4) is 0 Å². The molecule has 0 radical (unpaired) electrons. The number of carbonyl (C=O) groups excluding carboxylic acids is 1. The smallest absolute Gasteiger partial charge is 0.251 e. The van der Waals surface area contributed by atoms with E-state index >= 15 is 0 Å². The minimum absolute atomic E-state index is 0.174. The first kappa shape index (κ1) is 17.0. The summed E-state index contributed by atoms with van der Waals surface area (Å²) in [5.74, 6) is 0.613. The first-order valence-corrected chi connectivity index (χ1v) is 8.17. The van der Waals surface area contributed by atoms with Gasteiger partial charge in [-0.05, 0) is 54.1 Å². The first-order chi connectivity index (χ1) is 12.2. The fraction of sp³-hybridized carbons (Fsp3) is 0.100. The lowest BCUT2D eigenvalue weighted by atomic mass is 10.1. The number of rotatable bonds is 5. The molecule has 0 aliphatic heterocycles. The Kier molecular flexibility index (Phi) is 5.31. The van der Waals surface area contributed by atoms with Gasteiger partial charge in [0.15, 0.2) is 0 Å². The lowest BCUT2D eigenvalue weighted by Crippen LogP contribution is -2.23. The standard InChI is InChI=1S/C20H17ClN2O2/c1-25-18-9-7-14(8-10-18)19-16(5-3-11-22-19)13-23-20(24)15-4-2-6-17(21)12-15/h2-12H,13H2,1H3,(H,23,24). The van der Waals surface area contributed by atoms with E-state index in [0.29, 0.717) is 17.1 Å². The number of halogens is 1. The maximum absolute atomic E-state index is 12.3. The highest BCUT2D eigenvalue weighted by molar-refractivity contribution is 6.30. The van der Waals surface area contributed by atoms with Crippen molar-refractivity contribution in [1.82, 2.24) is 10.3 Å². The number of nitrogens with zero attached hydrogens (tertiary/aromatic N) is 1. The van der Waals surface area contributed by atoms with E-state index in [0.717, 1.165) is 22.6 Å². The van der Waals surface area contributed by atoms with Gasteiger partial charge in [0.05, 0.1) is 12.8 Å². The molecule has 1 heterocycles. The normalized spacial score (nSPS) is 10.3. The number of pyridine rings is 1. The van der Waals surface area contributed by atoms with E-state index in [4.69, 9.17) is 16.3 Å². The second-order valence-electron chi connectivity index (χ2n) is 5.43. The largest absolute Gasteiger partial charge is 0.497 e. The van der Waals surface area contributed by atoms with E-state index in [-0.39, 0.29) is 5.91 Å². The fourth-order valence-corrected chi connectivity index (χ4v) is 2.69. The van der Waals surface area contributed by atoms with Crippen molar-refractivity contribution in [3.05, 3.63) is 83.0 Å². The van der Waals surface area contributed by atoms with Crippen molar-refractivity contribution in [2.45, 2.75) is 6.54 Å². The summed E-state index contributed by atoms with van der Waals surface area (Å²) in [6.45, 7) is 0.376. The SMILES string of the molecule is COc1ccc(-c2ncccc2CNC(=O)c2cccc(Cl)c2)cc1. The molecule has 0 bridgehead atoms. The van der Waals surface area contributed by atoms with E-state index < -0.39 is 0 Å². The summed E-state index contributed by atoms with van der Waals surface area (Å²) in [5, 5.41) is 3.45. The van der Waals surface area contributed by atoms with Gasteiger partial charge in [-0.2, -0.15) is 0 Å². The van der Waals surface area contributed by atoms with E-state index in [1.807, 2.05) is 36.4 Å². The second-order valence-corrected chi connectivity index (χ2v) is 5.87. The lowest BCUT2D eigenvalue weighted by Gasteiger charge is -2.11. The average Bonchev–Trinajstić information content (AvgIpc) is 2.66. The zero-order chi connectivity index (χ0) is 17.6. The van der Waals surface area contributed by atoms with Crippen molar-refractivity contribution in [1.29, 1.82) is 0 Å². The molecule has 0 aliphatic rings. The molecule has 0 unspecified atom stereocenters. The van der Waals surface area contributed by atoms with Gasteiger partial charge in [-0.3, -0.25) is 9.78 Å². The first-order valence-electron chi connectivity index (χ1n) is 7.79. The van der Waals surface area contributed by atoms with E-state index in [1.54, 1.807) is 37.6 Å². The highest BCUT2D eigenvalue weighted by atomic mass is 35.5. The van der Waals surface area contributed by atoms with Crippen LogP contribution in [0.4, 0.5) is 0 Å². The van der Waals surface area contributed by atoms with Crippen LogP contribution in [-0.4, -0.2) is 18.0 Å². The van der Waals surface area contributed by atoms with Gasteiger partial charge in [0.25, 0.3) is 5.91 Å². The fourth-order valence-electron chi connectivity index (χ4n) is 2.50. The molecular formula is C20H17ClN2O2. The Morgan fingerprint density at radius 3 is 2.64 bits per heavy atom. The Bertz CT molecular complexity index is 879. The van der Waals surface area contributed by atoms with Crippen LogP contribution in [0.5, 0.6) is 5.75 Å². The van der Waals surface area contributed by atoms with Crippen LogP contribution >= 0.6 is 11.6 Å². The van der Waals surface area contributed by atoms with Gasteiger partial charge in [0.1, 0.15) is 5.75 Å². The third-order valence-corrected chi connectivity index (χ3v) is 4.02. The zero-order valence-corrected chi connectivity index (χ0v) is 14.5. The maximum Gasteiger partial charge on any atom is 0.251 e. The van der Waals surface area contributed by atoms with Gasteiger partial charge in [-0.1, -0.05) is 23.7 Å². The third-order valence-electron chi connectivity index (χ3n) is 3.78. The van der Waals surface area contributed by atoms with Crippen LogP contribution in [0.1, 0.15) is 15.9 Å². The van der Waals surface area contributed by atoms with E-state index in [2.05, 4.69) is 10.3 Å². The number of benzene rings is 2. The Hall–Kier alpha value is -2.85. The van der Waals surface area contributed by atoms with Gasteiger partial charge in [0.2, 0.25) is 0 Å². The van der Waals surface area contributed by atoms with Crippen LogP contribution in [0.2, 0.25) is 5.02 Å². The predicted octanol–water partition coefficient (Wildman–Crippen LogP) is 4.34. The molecule has 25 heavy (non-hydrogen) atoms. The van der Waals surface area contributed by atoms with Crippen LogP contribution in [0, 0.1) is 0 Å². The quantitative estimate of drug-likeness (QED) is 0.743. The van der Waals surface area contributed by atoms with Crippen molar-refractivity contribution in [3.8, 4) is 17.0 Å². The van der Waals surface area contributed by atoms with Gasteiger partial charge < -0.3 is 10.1 Å². The lowest BCUT2D eigenvalue weighted by molar-refractivity contribution is 0.0951. The molecule has 1 N–H and O–H groups in total. The summed E-state index contributed by atoms with van der Waals surface area (Å²) in [4.78, 5) is 16.8. The number of nitrogens with one attached hydrogen (secondary N) is 1. The number of hydrogen-bond acceptors (Lipinski definition) is 3. The Morgan fingerprint density at radius 2 is 1.92 bits per heavy atom. The number of ether oxygens (including phenoxy) is 1. The van der Waals surface area contributed by atoms with Crippen molar-refractivity contribution in [2.75, 3.05) is 7.11 Å². The molecule has 126 valence electrons. The summed E-state index contributed by atoms with van der Waals surface area (Å²) in [5.41, 5.74) is 3.26. The number of hydrogen-bond donors (Lipinski definition) is 1. The molecule has 2 aromatic carbocycles. The van der Waals surface area contributed by atoms with Crippen molar-refractivity contribution < 1.29 is 9.53 Å². The molecule has 3 rings (SSSR count). The second kappa shape index (κ2) is 7.81. The highest BCUT2D eigenvalue weighted by Crippen LogP contribution is 2.23. The summed E-state index contributed by atoms with van der Waals surface area (Å²) < 4.78 is 5.18.